The number of pyridine rings is 2. The van der Waals surface area contributed by atoms with Crippen molar-refractivity contribution in [3.8, 4) is 11.4 Å². The molecule has 0 fully saturated rings. The van der Waals surface area contributed by atoms with E-state index in [4.69, 9.17) is 9.72 Å². The van der Waals surface area contributed by atoms with Crippen LogP contribution in [0.25, 0.3) is 22.3 Å². The first-order chi connectivity index (χ1) is 14.6. The number of aromatic nitrogens is 2. The first kappa shape index (κ1) is 19.8. The summed E-state index contributed by atoms with van der Waals surface area (Å²) in [5.74, 6) is 0. The molecular weight excluding hydrogens is 387 g/mol. The van der Waals surface area contributed by atoms with E-state index in [-0.39, 0.29) is 24.2 Å². The lowest BCUT2D eigenvalue weighted by molar-refractivity contribution is -0.130. The monoisotopic (exact) mass is 405 g/mol. The molecular formula is C21H18BN2O6. The van der Waals surface area contributed by atoms with Gasteiger partial charge in [-0.1, -0.05) is 19.1 Å². The average molecular weight is 405 g/mol. The van der Waals surface area contributed by atoms with Gasteiger partial charge >= 0.3 is 7.48 Å². The summed E-state index contributed by atoms with van der Waals surface area (Å²) in [6, 6.07) is 9.13. The Labute approximate surface area is 172 Å². The van der Waals surface area contributed by atoms with Gasteiger partial charge in [-0.3, -0.25) is 14.4 Å². The van der Waals surface area contributed by atoms with Crippen LogP contribution in [0, 0.1) is 0 Å². The summed E-state index contributed by atoms with van der Waals surface area (Å²) in [7, 11) is 1.34. The Morgan fingerprint density at radius 1 is 1.27 bits per heavy atom. The van der Waals surface area contributed by atoms with Gasteiger partial charge in [-0.2, -0.15) is 0 Å². The molecule has 1 aliphatic rings. The third-order valence-corrected chi connectivity index (χ3v) is 5.22. The number of ether oxygens (including phenoxy) is 1. The predicted octanol–water partition coefficient (Wildman–Crippen LogP) is 0.959. The molecule has 1 aliphatic heterocycles. The van der Waals surface area contributed by atoms with Crippen molar-refractivity contribution in [3.05, 3.63) is 57.4 Å². The second-order valence-electron chi connectivity index (χ2n) is 6.98. The molecule has 3 heterocycles. The predicted molar refractivity (Wildman–Crippen MR) is 109 cm³/mol. The van der Waals surface area contributed by atoms with Crippen LogP contribution in [0.5, 0.6) is 0 Å². The molecule has 151 valence electrons. The summed E-state index contributed by atoms with van der Waals surface area (Å²) in [6.07, 6.45) is -0.439. The number of hydrogen-bond donors (Lipinski definition) is 1. The van der Waals surface area contributed by atoms with Gasteiger partial charge < -0.3 is 19.1 Å². The highest BCUT2D eigenvalue weighted by Crippen LogP contribution is 2.34. The fourth-order valence-corrected chi connectivity index (χ4v) is 3.77. The largest absolute Gasteiger partial charge is 0.535 e. The number of carbonyl (C=O) groups excluding carboxylic acids is 2. The van der Waals surface area contributed by atoms with Crippen molar-refractivity contribution in [1.29, 1.82) is 0 Å². The van der Waals surface area contributed by atoms with E-state index in [1.165, 1.54) is 7.48 Å². The first-order valence-corrected chi connectivity index (χ1v) is 9.43. The van der Waals surface area contributed by atoms with Gasteiger partial charge in [0.25, 0.3) is 18.5 Å². The highest BCUT2D eigenvalue weighted by Gasteiger charge is 2.27. The standard InChI is InChI=1S/C21H18BN2O6/c1-2-19(27)15-7-18-20-13(8-24(18)21(28)16(15)9-29-10-25)5-12-6-14(22-30-11-26)3-4-17(12)23-20/h3-7,10-11,19,27H,2,8-9H2,1H3/t19-/m0/s1. The van der Waals surface area contributed by atoms with Crippen LogP contribution in [0.4, 0.5) is 0 Å². The van der Waals surface area contributed by atoms with Crippen LogP contribution >= 0.6 is 0 Å². The molecule has 2 aromatic heterocycles. The van der Waals surface area contributed by atoms with Crippen molar-refractivity contribution in [3.63, 3.8) is 0 Å². The van der Waals surface area contributed by atoms with Gasteiger partial charge in [-0.15, -0.1) is 0 Å². The molecule has 0 amide bonds. The maximum absolute atomic E-state index is 13.1. The van der Waals surface area contributed by atoms with Crippen molar-refractivity contribution in [1.82, 2.24) is 9.55 Å². The molecule has 1 radical (unpaired) electrons. The molecule has 8 nitrogen and oxygen atoms in total. The second-order valence-corrected chi connectivity index (χ2v) is 6.98. The van der Waals surface area contributed by atoms with Crippen molar-refractivity contribution < 1.29 is 24.1 Å². The van der Waals surface area contributed by atoms with Crippen LogP contribution in [-0.2, 0) is 32.1 Å². The molecule has 3 aromatic rings. The molecule has 0 aliphatic carbocycles. The summed E-state index contributed by atoms with van der Waals surface area (Å²) >= 11 is 0. The number of fused-ring (bicyclic) bond motifs is 4. The molecule has 4 rings (SSSR count). The maximum atomic E-state index is 13.1. The first-order valence-electron chi connectivity index (χ1n) is 9.43. The quantitative estimate of drug-likeness (QED) is 0.344. The van der Waals surface area contributed by atoms with Gasteiger partial charge in [0.2, 0.25) is 0 Å². The molecule has 0 unspecified atom stereocenters. The van der Waals surface area contributed by atoms with E-state index >= 15 is 0 Å². The van der Waals surface area contributed by atoms with Gasteiger partial charge in [0.05, 0.1) is 35.1 Å². The summed E-state index contributed by atoms with van der Waals surface area (Å²) in [6.45, 7) is 2.56. The van der Waals surface area contributed by atoms with Crippen molar-refractivity contribution in [2.24, 2.45) is 0 Å². The van der Waals surface area contributed by atoms with Crippen LogP contribution in [0.1, 0.15) is 36.1 Å². The number of hydrogen-bond acceptors (Lipinski definition) is 7. The highest BCUT2D eigenvalue weighted by atomic mass is 16.5. The van der Waals surface area contributed by atoms with Crippen LogP contribution in [0.15, 0.2) is 35.1 Å². The molecule has 1 atom stereocenters. The lowest BCUT2D eigenvalue weighted by atomic mass is 9.87. The van der Waals surface area contributed by atoms with E-state index in [0.29, 0.717) is 41.9 Å². The zero-order valence-electron chi connectivity index (χ0n) is 16.2. The SMILES string of the molecule is CC[C@H](O)c1cc2n(c(=O)c1COC=O)Cc1cc3cc([B]OC=O)ccc3nc1-2. The van der Waals surface area contributed by atoms with Crippen molar-refractivity contribution in [2.75, 3.05) is 0 Å². The topological polar surface area (TPSA) is 108 Å². The van der Waals surface area contributed by atoms with Crippen molar-refractivity contribution >= 4 is 36.8 Å². The van der Waals surface area contributed by atoms with Crippen LogP contribution < -0.4 is 11.0 Å². The zero-order valence-corrected chi connectivity index (χ0v) is 16.2. The Morgan fingerprint density at radius 2 is 2.10 bits per heavy atom. The van der Waals surface area contributed by atoms with E-state index in [1.54, 1.807) is 16.7 Å². The van der Waals surface area contributed by atoms with Gasteiger partial charge in [-0.05, 0) is 35.6 Å². The molecule has 1 N–H and O–H groups in total. The Balaban J connectivity index is 1.84. The molecule has 1 aromatic carbocycles. The van der Waals surface area contributed by atoms with Crippen LogP contribution in [-0.4, -0.2) is 35.1 Å². The fourth-order valence-electron chi connectivity index (χ4n) is 3.77. The molecule has 0 bridgehead atoms. The maximum Gasteiger partial charge on any atom is 0.412 e. The minimum Gasteiger partial charge on any atom is -0.535 e. The Hall–Kier alpha value is -3.46. The fraction of sp³-hybridized carbons (Fsp3) is 0.238. The number of aliphatic hydroxyl groups is 1. The van der Waals surface area contributed by atoms with Gasteiger partial charge in [-0.25, -0.2) is 4.98 Å². The van der Waals surface area contributed by atoms with E-state index in [0.717, 1.165) is 16.5 Å². The number of aliphatic hydroxyl groups excluding tert-OH is 1. The van der Waals surface area contributed by atoms with E-state index in [1.807, 2.05) is 25.1 Å². The summed E-state index contributed by atoms with van der Waals surface area (Å²) in [4.78, 5) is 38.9. The minimum atomic E-state index is -0.853. The molecule has 30 heavy (non-hydrogen) atoms. The summed E-state index contributed by atoms with van der Waals surface area (Å²) in [5, 5.41) is 11.3. The molecule has 0 saturated heterocycles. The minimum absolute atomic E-state index is 0.198. The lowest BCUT2D eigenvalue weighted by Gasteiger charge is -2.16. The normalized spacial score (nSPS) is 12.7. The Bertz CT molecular complexity index is 1210. The van der Waals surface area contributed by atoms with Crippen molar-refractivity contribution in [2.45, 2.75) is 32.6 Å². The van der Waals surface area contributed by atoms with Gasteiger partial charge in [0.1, 0.15) is 6.61 Å². The Morgan fingerprint density at radius 3 is 2.83 bits per heavy atom. The Kier molecular flexibility index (Phi) is 5.37. The van der Waals surface area contributed by atoms with Gasteiger partial charge in [0, 0.05) is 10.9 Å². The second kappa shape index (κ2) is 8.12. The smallest absolute Gasteiger partial charge is 0.412 e. The lowest BCUT2D eigenvalue weighted by Crippen LogP contribution is -2.26. The van der Waals surface area contributed by atoms with Gasteiger partial charge in [0.15, 0.2) is 0 Å². The molecule has 0 saturated carbocycles. The third kappa shape index (κ3) is 3.37. The third-order valence-electron chi connectivity index (χ3n) is 5.22. The van der Waals surface area contributed by atoms with E-state index in [9.17, 15) is 19.5 Å². The zero-order chi connectivity index (χ0) is 21.3. The number of nitrogens with zero attached hydrogens (tertiary/aromatic N) is 2. The molecule has 0 spiro atoms. The summed E-state index contributed by atoms with van der Waals surface area (Å²) < 4.78 is 11.1. The van der Waals surface area contributed by atoms with E-state index in [2.05, 4.69) is 4.65 Å². The average Bonchev–Trinajstić information content (AvgIpc) is 3.12. The number of benzene rings is 1. The van der Waals surface area contributed by atoms with Crippen LogP contribution in [0.3, 0.4) is 0 Å². The summed E-state index contributed by atoms with van der Waals surface area (Å²) in [5.41, 5.74) is 3.99. The number of rotatable bonds is 8. The van der Waals surface area contributed by atoms with E-state index < -0.39 is 6.10 Å². The number of carbonyl (C=O) groups is 2. The highest BCUT2D eigenvalue weighted by molar-refractivity contribution is 6.48. The van der Waals surface area contributed by atoms with Crippen LogP contribution in [0.2, 0.25) is 0 Å². The molecule has 9 heteroatoms.